The van der Waals surface area contributed by atoms with Gasteiger partial charge in [-0.1, -0.05) is 41.9 Å². The molecule has 1 aliphatic heterocycles. The number of benzene rings is 2. The maximum Gasteiger partial charge on any atom is 0.124 e. The minimum atomic E-state index is 0.204. The number of phenolic OH excluding ortho intramolecular Hbond substituents is 1. The van der Waals surface area contributed by atoms with Gasteiger partial charge in [-0.2, -0.15) is 0 Å². The highest BCUT2D eigenvalue weighted by Crippen LogP contribution is 2.26. The second kappa shape index (κ2) is 7.62. The first kappa shape index (κ1) is 16.0. The van der Waals surface area contributed by atoms with Crippen LogP contribution >= 0.6 is 11.6 Å². The molecule has 0 unspecified atom stereocenters. The van der Waals surface area contributed by atoms with Gasteiger partial charge in [-0.3, -0.25) is 9.89 Å². The van der Waals surface area contributed by atoms with E-state index in [9.17, 15) is 5.11 Å². The monoisotopic (exact) mass is 328 g/mol. The quantitative estimate of drug-likeness (QED) is 0.830. The largest absolute Gasteiger partial charge is 0.507 e. The topological polar surface area (TPSA) is 35.8 Å². The average molecular weight is 329 g/mol. The summed E-state index contributed by atoms with van der Waals surface area (Å²) in [5, 5.41) is 10.5. The van der Waals surface area contributed by atoms with Gasteiger partial charge in [-0.25, -0.2) is 0 Å². The molecule has 0 amide bonds. The SMILES string of the molecule is Oc1ccc(Cl)cc1C=NC[C@@H](c1ccccc1)N1CCCC1. The van der Waals surface area contributed by atoms with Crippen LogP contribution in [0, 0.1) is 0 Å². The highest BCUT2D eigenvalue weighted by atomic mass is 35.5. The first-order valence-electron chi connectivity index (χ1n) is 8.01. The maximum absolute atomic E-state index is 9.87. The van der Waals surface area contributed by atoms with Crippen molar-refractivity contribution in [1.29, 1.82) is 0 Å². The van der Waals surface area contributed by atoms with E-state index in [1.807, 2.05) is 6.07 Å². The Morgan fingerprint density at radius 2 is 1.87 bits per heavy atom. The minimum Gasteiger partial charge on any atom is -0.507 e. The van der Waals surface area contributed by atoms with Gasteiger partial charge in [0.15, 0.2) is 0 Å². The van der Waals surface area contributed by atoms with Crippen LogP contribution in [0.25, 0.3) is 0 Å². The Balaban J connectivity index is 1.76. The lowest BCUT2D eigenvalue weighted by molar-refractivity contribution is 0.252. The van der Waals surface area contributed by atoms with Gasteiger partial charge >= 0.3 is 0 Å². The summed E-state index contributed by atoms with van der Waals surface area (Å²) in [6.07, 6.45) is 4.22. The van der Waals surface area contributed by atoms with Crippen LogP contribution in [-0.2, 0) is 0 Å². The zero-order valence-corrected chi connectivity index (χ0v) is 13.8. The molecule has 2 aromatic rings. The smallest absolute Gasteiger partial charge is 0.124 e. The highest BCUT2D eigenvalue weighted by Gasteiger charge is 2.22. The third-order valence-corrected chi connectivity index (χ3v) is 4.50. The zero-order valence-electron chi connectivity index (χ0n) is 13.0. The molecule has 1 N–H and O–H groups in total. The third-order valence-electron chi connectivity index (χ3n) is 4.26. The molecule has 0 aromatic heterocycles. The van der Waals surface area contributed by atoms with Crippen molar-refractivity contribution < 1.29 is 5.11 Å². The summed E-state index contributed by atoms with van der Waals surface area (Å²) in [5.74, 6) is 0.204. The molecule has 3 nitrogen and oxygen atoms in total. The molecule has 120 valence electrons. The molecule has 1 fully saturated rings. The summed E-state index contributed by atoms with van der Waals surface area (Å²) in [6, 6.07) is 15.8. The predicted molar refractivity (Wildman–Crippen MR) is 95.6 cm³/mol. The van der Waals surface area contributed by atoms with Crippen molar-refractivity contribution in [3.63, 3.8) is 0 Å². The minimum absolute atomic E-state index is 0.204. The van der Waals surface area contributed by atoms with E-state index in [2.05, 4.69) is 34.2 Å². The second-order valence-electron chi connectivity index (χ2n) is 5.87. The standard InChI is InChI=1S/C19H21ClN2O/c20-17-8-9-19(23)16(12-17)13-21-14-18(22-10-4-5-11-22)15-6-2-1-3-7-15/h1-3,6-9,12-13,18,23H,4-5,10-11,14H2/t18-/m0/s1. The molecule has 0 radical (unpaired) electrons. The average Bonchev–Trinajstić information content (AvgIpc) is 3.09. The van der Waals surface area contributed by atoms with E-state index < -0.39 is 0 Å². The number of hydrogen-bond donors (Lipinski definition) is 1. The van der Waals surface area contributed by atoms with Gasteiger partial charge in [0.25, 0.3) is 0 Å². The number of nitrogens with zero attached hydrogens (tertiary/aromatic N) is 2. The Kier molecular flexibility index (Phi) is 5.31. The van der Waals surface area contributed by atoms with Gasteiger partial charge in [-0.05, 0) is 49.7 Å². The fourth-order valence-electron chi connectivity index (χ4n) is 3.04. The number of phenols is 1. The van der Waals surface area contributed by atoms with Crippen LogP contribution in [-0.4, -0.2) is 35.9 Å². The number of halogens is 1. The van der Waals surface area contributed by atoms with E-state index in [0.29, 0.717) is 17.1 Å². The maximum atomic E-state index is 9.87. The van der Waals surface area contributed by atoms with Crippen LogP contribution in [0.4, 0.5) is 0 Å². The molecule has 1 heterocycles. The molecule has 4 heteroatoms. The van der Waals surface area contributed by atoms with Crippen LogP contribution in [0.1, 0.15) is 30.0 Å². The summed E-state index contributed by atoms with van der Waals surface area (Å²) in [5.41, 5.74) is 1.95. The Labute approximate surface area is 142 Å². The molecular formula is C19H21ClN2O. The van der Waals surface area contributed by atoms with Crippen LogP contribution < -0.4 is 0 Å². The third kappa shape index (κ3) is 4.12. The van der Waals surface area contributed by atoms with E-state index in [-0.39, 0.29) is 11.8 Å². The Morgan fingerprint density at radius 1 is 1.13 bits per heavy atom. The lowest BCUT2D eigenvalue weighted by Gasteiger charge is -2.26. The van der Waals surface area contributed by atoms with E-state index in [0.717, 1.165) is 13.1 Å². The van der Waals surface area contributed by atoms with Crippen molar-refractivity contribution in [3.8, 4) is 5.75 Å². The van der Waals surface area contributed by atoms with Crippen molar-refractivity contribution in [2.45, 2.75) is 18.9 Å². The Bertz CT molecular complexity index is 666. The van der Waals surface area contributed by atoms with E-state index >= 15 is 0 Å². The predicted octanol–water partition coefficient (Wildman–Crippen LogP) is 4.30. The molecule has 0 aliphatic carbocycles. The molecule has 1 aliphatic rings. The van der Waals surface area contributed by atoms with E-state index in [1.54, 1.807) is 24.4 Å². The summed E-state index contributed by atoms with van der Waals surface area (Å²) >= 11 is 5.98. The Morgan fingerprint density at radius 3 is 2.61 bits per heavy atom. The van der Waals surface area contributed by atoms with Crippen molar-refractivity contribution >= 4 is 17.8 Å². The van der Waals surface area contributed by atoms with Gasteiger partial charge in [0.1, 0.15) is 5.75 Å². The summed E-state index contributed by atoms with van der Waals surface area (Å²) in [6.45, 7) is 2.92. The van der Waals surface area contributed by atoms with Crippen molar-refractivity contribution in [3.05, 3.63) is 64.7 Å². The van der Waals surface area contributed by atoms with Gasteiger partial charge in [0.05, 0.1) is 12.6 Å². The molecule has 1 saturated heterocycles. The molecule has 0 bridgehead atoms. The molecular weight excluding hydrogens is 308 g/mol. The van der Waals surface area contributed by atoms with Crippen molar-refractivity contribution in [2.75, 3.05) is 19.6 Å². The van der Waals surface area contributed by atoms with Crippen LogP contribution in [0.3, 0.4) is 0 Å². The second-order valence-corrected chi connectivity index (χ2v) is 6.30. The van der Waals surface area contributed by atoms with Gasteiger partial charge in [0, 0.05) is 16.8 Å². The fourth-order valence-corrected chi connectivity index (χ4v) is 3.22. The molecule has 0 saturated carbocycles. The summed E-state index contributed by atoms with van der Waals surface area (Å²) < 4.78 is 0. The van der Waals surface area contributed by atoms with E-state index in [4.69, 9.17) is 11.6 Å². The number of aromatic hydroxyl groups is 1. The zero-order chi connectivity index (χ0) is 16.1. The summed E-state index contributed by atoms with van der Waals surface area (Å²) in [4.78, 5) is 7.07. The van der Waals surface area contributed by atoms with Crippen molar-refractivity contribution in [1.82, 2.24) is 4.90 Å². The van der Waals surface area contributed by atoms with Crippen LogP contribution in [0.5, 0.6) is 5.75 Å². The normalized spacial score (nSPS) is 16.9. The van der Waals surface area contributed by atoms with Crippen molar-refractivity contribution in [2.24, 2.45) is 4.99 Å². The van der Waals surface area contributed by atoms with E-state index in [1.165, 1.54) is 18.4 Å². The first-order valence-corrected chi connectivity index (χ1v) is 8.39. The lowest BCUT2D eigenvalue weighted by atomic mass is 10.1. The summed E-state index contributed by atoms with van der Waals surface area (Å²) in [7, 11) is 0. The number of aliphatic imine (C=N–C) groups is 1. The van der Waals surface area contributed by atoms with Gasteiger partial charge in [0.2, 0.25) is 0 Å². The first-order chi connectivity index (χ1) is 11.2. The number of likely N-dealkylation sites (tertiary alicyclic amines) is 1. The molecule has 1 atom stereocenters. The van der Waals surface area contributed by atoms with Crippen LogP contribution in [0.2, 0.25) is 5.02 Å². The molecule has 3 rings (SSSR count). The number of hydrogen-bond acceptors (Lipinski definition) is 3. The molecule has 0 spiro atoms. The molecule has 2 aromatic carbocycles. The van der Waals surface area contributed by atoms with Gasteiger partial charge < -0.3 is 5.11 Å². The Hall–Kier alpha value is -1.84. The van der Waals surface area contributed by atoms with Crippen LogP contribution in [0.15, 0.2) is 53.5 Å². The highest BCUT2D eigenvalue weighted by molar-refractivity contribution is 6.30. The fraction of sp³-hybridized carbons (Fsp3) is 0.316. The molecule has 23 heavy (non-hydrogen) atoms. The number of rotatable bonds is 5. The lowest BCUT2D eigenvalue weighted by Crippen LogP contribution is -2.27. The van der Waals surface area contributed by atoms with Gasteiger partial charge in [-0.15, -0.1) is 0 Å².